The molecule has 0 N–H and O–H groups in total. The number of rotatable bonds is 1. The van der Waals surface area contributed by atoms with Crippen LogP contribution in [0, 0.1) is 0 Å². The van der Waals surface area contributed by atoms with Gasteiger partial charge in [0.05, 0.1) is 12.7 Å². The summed E-state index contributed by atoms with van der Waals surface area (Å²) in [5.41, 5.74) is 1.17. The summed E-state index contributed by atoms with van der Waals surface area (Å²) in [5, 5.41) is 0. The van der Waals surface area contributed by atoms with Crippen LogP contribution in [0.3, 0.4) is 0 Å². The number of nitrogens with zero attached hydrogens (tertiary/aromatic N) is 1. The molecule has 1 aromatic rings. The largest absolute Gasteiger partial charge is 0.465 e. The second-order valence-electron chi connectivity index (χ2n) is 3.32. The van der Waals surface area contributed by atoms with Gasteiger partial charge in [0.25, 0.3) is 5.56 Å². The number of fused-ring (bicyclic) bond motifs is 1. The average molecular weight is 193 g/mol. The number of aromatic nitrogens is 1. The van der Waals surface area contributed by atoms with Crippen LogP contribution in [0.5, 0.6) is 0 Å². The molecule has 2 rings (SSSR count). The fourth-order valence-corrected chi connectivity index (χ4v) is 1.77. The highest BCUT2D eigenvalue weighted by Crippen LogP contribution is 2.13. The van der Waals surface area contributed by atoms with Gasteiger partial charge in [-0.3, -0.25) is 4.79 Å². The Morgan fingerprint density at radius 3 is 3.00 bits per heavy atom. The molecule has 0 saturated heterocycles. The van der Waals surface area contributed by atoms with Gasteiger partial charge < -0.3 is 9.30 Å². The van der Waals surface area contributed by atoms with Crippen LogP contribution < -0.4 is 5.56 Å². The first-order chi connectivity index (χ1) is 6.72. The van der Waals surface area contributed by atoms with E-state index in [1.807, 2.05) is 0 Å². The van der Waals surface area contributed by atoms with E-state index in [1.54, 1.807) is 10.6 Å². The highest BCUT2D eigenvalue weighted by Gasteiger charge is 2.15. The zero-order valence-corrected chi connectivity index (χ0v) is 7.95. The van der Waals surface area contributed by atoms with Gasteiger partial charge in [-0.2, -0.15) is 0 Å². The Balaban J connectivity index is 2.52. The molecule has 1 aromatic heterocycles. The zero-order chi connectivity index (χ0) is 10.1. The smallest absolute Gasteiger partial charge is 0.338 e. The van der Waals surface area contributed by atoms with Gasteiger partial charge in [0.1, 0.15) is 0 Å². The van der Waals surface area contributed by atoms with Crippen LogP contribution >= 0.6 is 0 Å². The maximum absolute atomic E-state index is 11.5. The van der Waals surface area contributed by atoms with E-state index < -0.39 is 5.97 Å². The fourth-order valence-electron chi connectivity index (χ4n) is 1.77. The topological polar surface area (TPSA) is 48.3 Å². The van der Waals surface area contributed by atoms with Gasteiger partial charge in [0, 0.05) is 18.3 Å². The predicted octanol–water partition coefficient (Wildman–Crippen LogP) is 0.581. The molecule has 4 nitrogen and oxygen atoms in total. The van der Waals surface area contributed by atoms with Crippen molar-refractivity contribution in [2.45, 2.75) is 19.4 Å². The van der Waals surface area contributed by atoms with Crippen molar-refractivity contribution in [1.82, 2.24) is 4.57 Å². The highest BCUT2D eigenvalue weighted by atomic mass is 16.5. The highest BCUT2D eigenvalue weighted by molar-refractivity contribution is 5.89. The van der Waals surface area contributed by atoms with Crippen LogP contribution in [0.2, 0.25) is 0 Å². The van der Waals surface area contributed by atoms with Crippen molar-refractivity contribution in [3.63, 3.8) is 0 Å². The van der Waals surface area contributed by atoms with Gasteiger partial charge in [-0.1, -0.05) is 0 Å². The Hall–Kier alpha value is -1.58. The molecule has 0 bridgehead atoms. The lowest BCUT2D eigenvalue weighted by Crippen LogP contribution is -2.20. The van der Waals surface area contributed by atoms with Crippen LogP contribution in [0.4, 0.5) is 0 Å². The number of aryl methyl sites for hydroxylation is 1. The van der Waals surface area contributed by atoms with Crippen molar-refractivity contribution < 1.29 is 9.53 Å². The molecular weight excluding hydrogens is 182 g/mol. The molecule has 74 valence electrons. The van der Waals surface area contributed by atoms with E-state index in [0.29, 0.717) is 5.56 Å². The van der Waals surface area contributed by atoms with Crippen molar-refractivity contribution >= 4 is 5.97 Å². The van der Waals surface area contributed by atoms with Crippen molar-refractivity contribution in [1.29, 1.82) is 0 Å². The zero-order valence-electron chi connectivity index (χ0n) is 7.95. The molecule has 0 atom stereocenters. The molecule has 2 heterocycles. The fraction of sp³-hybridized carbons (Fsp3) is 0.400. The van der Waals surface area contributed by atoms with Gasteiger partial charge in [0.2, 0.25) is 0 Å². The molecule has 14 heavy (non-hydrogen) atoms. The van der Waals surface area contributed by atoms with Gasteiger partial charge in [-0.25, -0.2) is 4.79 Å². The monoisotopic (exact) mass is 193 g/mol. The Morgan fingerprint density at radius 1 is 1.50 bits per heavy atom. The summed E-state index contributed by atoms with van der Waals surface area (Å²) in [6.07, 6.45) is 1.83. The molecule has 0 amide bonds. The Labute approximate surface area is 81.1 Å². The molecule has 0 fully saturated rings. The van der Waals surface area contributed by atoms with Gasteiger partial charge in [-0.05, 0) is 18.9 Å². The number of pyridine rings is 1. The first-order valence-electron chi connectivity index (χ1n) is 4.54. The van der Waals surface area contributed by atoms with E-state index in [9.17, 15) is 9.59 Å². The number of methoxy groups -OCH3 is 1. The van der Waals surface area contributed by atoms with E-state index in [-0.39, 0.29) is 5.56 Å². The molecule has 0 aromatic carbocycles. The quantitative estimate of drug-likeness (QED) is 0.613. The number of esters is 1. The third kappa shape index (κ3) is 1.32. The summed E-state index contributed by atoms with van der Waals surface area (Å²) < 4.78 is 6.26. The van der Waals surface area contributed by atoms with E-state index in [2.05, 4.69) is 4.74 Å². The summed E-state index contributed by atoms with van der Waals surface area (Å²) in [4.78, 5) is 22.7. The van der Waals surface area contributed by atoms with E-state index in [4.69, 9.17) is 0 Å². The van der Waals surface area contributed by atoms with Gasteiger partial charge in [0.15, 0.2) is 0 Å². The average Bonchev–Trinajstić information content (AvgIpc) is 2.64. The first kappa shape index (κ1) is 8.99. The third-order valence-corrected chi connectivity index (χ3v) is 2.45. The molecule has 1 aliphatic heterocycles. The summed E-state index contributed by atoms with van der Waals surface area (Å²) >= 11 is 0. The Kier molecular flexibility index (Phi) is 2.11. The number of carbonyl (C=O) groups is 1. The minimum atomic E-state index is -0.447. The SMILES string of the molecule is COC(=O)c1cc2n(c(=O)c1)CCC2. The van der Waals surface area contributed by atoms with Gasteiger partial charge in [-0.15, -0.1) is 0 Å². The maximum Gasteiger partial charge on any atom is 0.338 e. The van der Waals surface area contributed by atoms with E-state index in [1.165, 1.54) is 13.2 Å². The molecule has 4 heteroatoms. The van der Waals surface area contributed by atoms with Crippen molar-refractivity contribution in [3.05, 3.63) is 33.7 Å². The van der Waals surface area contributed by atoms with Crippen molar-refractivity contribution in [2.24, 2.45) is 0 Å². The molecular formula is C10H11NO3. The van der Waals surface area contributed by atoms with Crippen LogP contribution in [-0.2, 0) is 17.7 Å². The lowest BCUT2D eigenvalue weighted by atomic mass is 10.2. The molecule has 0 aliphatic carbocycles. The first-order valence-corrected chi connectivity index (χ1v) is 4.54. The summed E-state index contributed by atoms with van der Waals surface area (Å²) in [5.74, 6) is -0.447. The molecule has 0 unspecified atom stereocenters. The lowest BCUT2D eigenvalue weighted by molar-refractivity contribution is 0.0600. The Morgan fingerprint density at radius 2 is 2.29 bits per heavy atom. The minimum Gasteiger partial charge on any atom is -0.465 e. The molecule has 0 radical (unpaired) electrons. The van der Waals surface area contributed by atoms with Crippen molar-refractivity contribution in [3.8, 4) is 0 Å². The lowest BCUT2D eigenvalue weighted by Gasteiger charge is -2.04. The molecule has 1 aliphatic rings. The number of ether oxygens (including phenoxy) is 1. The van der Waals surface area contributed by atoms with Crippen LogP contribution in [-0.4, -0.2) is 17.6 Å². The van der Waals surface area contributed by atoms with E-state index >= 15 is 0 Å². The summed E-state index contributed by atoms with van der Waals surface area (Å²) in [6.45, 7) is 0.760. The van der Waals surface area contributed by atoms with Crippen molar-refractivity contribution in [2.75, 3.05) is 7.11 Å². The maximum atomic E-state index is 11.5. The summed E-state index contributed by atoms with van der Waals surface area (Å²) in [6, 6.07) is 3.07. The predicted molar refractivity (Wildman–Crippen MR) is 50.4 cm³/mol. The standard InChI is InChI=1S/C10H11NO3/c1-14-10(13)7-5-8-3-2-4-11(8)9(12)6-7/h5-6H,2-4H2,1H3. The van der Waals surface area contributed by atoms with Gasteiger partial charge >= 0.3 is 5.97 Å². The summed E-state index contributed by atoms with van der Waals surface area (Å²) in [7, 11) is 1.31. The second-order valence-corrected chi connectivity index (χ2v) is 3.32. The van der Waals surface area contributed by atoms with Crippen LogP contribution in [0.25, 0.3) is 0 Å². The van der Waals surface area contributed by atoms with Crippen LogP contribution in [0.15, 0.2) is 16.9 Å². The number of carbonyl (C=O) groups excluding carboxylic acids is 1. The number of hydrogen-bond donors (Lipinski definition) is 0. The normalized spacial score (nSPS) is 13.8. The second kappa shape index (κ2) is 3.29. The van der Waals surface area contributed by atoms with E-state index in [0.717, 1.165) is 25.1 Å². The Bertz CT molecular complexity index is 433. The molecule has 0 spiro atoms. The molecule has 0 saturated carbocycles. The van der Waals surface area contributed by atoms with Crippen LogP contribution in [0.1, 0.15) is 22.5 Å². The third-order valence-electron chi connectivity index (χ3n) is 2.45. The minimum absolute atomic E-state index is 0.111. The number of hydrogen-bond acceptors (Lipinski definition) is 3.